The number of urea groups is 1. The van der Waals surface area contributed by atoms with Gasteiger partial charge in [-0.1, -0.05) is 0 Å². The van der Waals surface area contributed by atoms with E-state index in [0.717, 1.165) is 33.8 Å². The van der Waals surface area contributed by atoms with Crippen molar-refractivity contribution in [2.45, 2.75) is 31.7 Å². The van der Waals surface area contributed by atoms with Crippen LogP contribution in [0.3, 0.4) is 0 Å². The number of aromatic nitrogens is 2. The van der Waals surface area contributed by atoms with E-state index in [1.165, 1.54) is 23.5 Å². The van der Waals surface area contributed by atoms with Gasteiger partial charge in [-0.2, -0.15) is 0 Å². The van der Waals surface area contributed by atoms with Gasteiger partial charge in [0.05, 0.1) is 32.7 Å². The summed E-state index contributed by atoms with van der Waals surface area (Å²) >= 11 is 1.44. The maximum Gasteiger partial charge on any atom is 0.319 e. The number of benzene rings is 1. The van der Waals surface area contributed by atoms with Gasteiger partial charge in [-0.3, -0.25) is 14.8 Å². The number of aliphatic carboxylic acids is 1. The van der Waals surface area contributed by atoms with Crippen LogP contribution in [-0.4, -0.2) is 46.7 Å². The molecule has 0 saturated heterocycles. The van der Waals surface area contributed by atoms with Gasteiger partial charge in [0.1, 0.15) is 5.75 Å². The summed E-state index contributed by atoms with van der Waals surface area (Å²) in [5.74, 6) is -0.902. The molecule has 0 bridgehead atoms. The van der Waals surface area contributed by atoms with Gasteiger partial charge in [0.25, 0.3) is 0 Å². The number of nitrogens with one attached hydrogen (secondary N) is 2. The van der Waals surface area contributed by atoms with Gasteiger partial charge in [-0.25, -0.2) is 9.18 Å². The summed E-state index contributed by atoms with van der Waals surface area (Å²) in [6.07, 6.45) is 5.96. The molecule has 38 heavy (non-hydrogen) atoms. The van der Waals surface area contributed by atoms with Crippen LogP contribution in [-0.2, 0) is 4.79 Å². The zero-order chi connectivity index (χ0) is 26.6. The number of pyridine rings is 2. The number of fused-ring (bicyclic) bond motifs is 1. The van der Waals surface area contributed by atoms with Crippen LogP contribution in [0.4, 0.5) is 20.6 Å². The van der Waals surface area contributed by atoms with Crippen LogP contribution in [0.15, 0.2) is 54.9 Å². The molecule has 0 aliphatic heterocycles. The minimum absolute atomic E-state index is 0.0361. The molecule has 1 aliphatic rings. The van der Waals surface area contributed by atoms with E-state index in [2.05, 4.69) is 20.6 Å². The summed E-state index contributed by atoms with van der Waals surface area (Å²) < 4.78 is 21.5. The van der Waals surface area contributed by atoms with Gasteiger partial charge in [0.15, 0.2) is 11.6 Å². The number of carbonyl (C=O) groups is 2. The van der Waals surface area contributed by atoms with Gasteiger partial charge in [-0.15, -0.1) is 11.3 Å². The van der Waals surface area contributed by atoms with Gasteiger partial charge in [-0.05, 0) is 49.6 Å². The zero-order valence-electron chi connectivity index (χ0n) is 20.6. The fourth-order valence-electron chi connectivity index (χ4n) is 3.84. The first-order valence-corrected chi connectivity index (χ1v) is 13.0. The first-order chi connectivity index (χ1) is 18.4. The van der Waals surface area contributed by atoms with Crippen molar-refractivity contribution in [3.63, 3.8) is 0 Å². The summed E-state index contributed by atoms with van der Waals surface area (Å²) in [6.45, 7) is 0.613. The topological polar surface area (TPSA) is 117 Å². The van der Waals surface area contributed by atoms with Crippen LogP contribution >= 0.6 is 11.3 Å². The Kier molecular flexibility index (Phi) is 7.36. The predicted molar refractivity (Wildman–Crippen MR) is 145 cm³/mol. The van der Waals surface area contributed by atoms with Crippen molar-refractivity contribution in [2.75, 3.05) is 23.8 Å². The number of amides is 2. The Bertz CT molecular complexity index is 1470. The third-order valence-corrected chi connectivity index (χ3v) is 7.18. The summed E-state index contributed by atoms with van der Waals surface area (Å²) in [6, 6.07) is 11.6. The molecule has 3 N–H and O–H groups in total. The Hall–Kier alpha value is -4.25. The number of nitrogens with zero attached hydrogens (tertiary/aromatic N) is 3. The lowest BCUT2D eigenvalue weighted by molar-refractivity contribution is -0.137. The second kappa shape index (κ2) is 11.0. The molecule has 2 amide bonds. The van der Waals surface area contributed by atoms with Crippen molar-refractivity contribution < 1.29 is 23.8 Å². The lowest BCUT2D eigenvalue weighted by Gasteiger charge is -2.18. The number of hydrogen-bond acceptors (Lipinski definition) is 7. The second-order valence-electron chi connectivity index (χ2n) is 9.07. The standard InChI is InChI=1S/C27H26FN5O4S/c1-33(12-2-3-25(34)35)18-7-8-20(30-15-18)24-14-21-26(38-24)23(10-11-29-21)37-22-9-6-17(13-19(22)28)32-27(36)31-16-4-5-16/h6-11,13-16H,2-5,12H2,1H3,(H,34,35)(H2,31,32,36). The first-order valence-electron chi connectivity index (χ1n) is 12.2. The number of halogens is 1. The number of anilines is 2. The molecule has 3 heterocycles. The number of ether oxygens (including phenoxy) is 1. The zero-order valence-corrected chi connectivity index (χ0v) is 21.4. The number of thiophene rings is 1. The minimum atomic E-state index is -0.807. The lowest BCUT2D eigenvalue weighted by atomic mass is 10.2. The lowest BCUT2D eigenvalue weighted by Crippen LogP contribution is -2.30. The fourth-order valence-corrected chi connectivity index (χ4v) is 4.88. The van der Waals surface area contributed by atoms with E-state index in [1.807, 2.05) is 30.1 Å². The maximum absolute atomic E-state index is 14.8. The van der Waals surface area contributed by atoms with Crippen LogP contribution in [0, 0.1) is 5.82 Å². The van der Waals surface area contributed by atoms with Crippen molar-refractivity contribution in [1.82, 2.24) is 15.3 Å². The number of carbonyl (C=O) groups excluding carboxylic acids is 1. The molecule has 9 nitrogen and oxygen atoms in total. The van der Waals surface area contributed by atoms with Gasteiger partial charge in [0.2, 0.25) is 0 Å². The normalized spacial score (nSPS) is 12.8. The van der Waals surface area contributed by atoms with Crippen LogP contribution in [0.2, 0.25) is 0 Å². The Balaban J connectivity index is 1.29. The van der Waals surface area contributed by atoms with Crippen LogP contribution in [0.5, 0.6) is 11.5 Å². The van der Waals surface area contributed by atoms with E-state index in [1.54, 1.807) is 24.5 Å². The van der Waals surface area contributed by atoms with E-state index in [4.69, 9.17) is 9.84 Å². The molecular formula is C27H26FN5O4S. The van der Waals surface area contributed by atoms with Crippen molar-refractivity contribution in [2.24, 2.45) is 0 Å². The number of hydrogen-bond donors (Lipinski definition) is 3. The van der Waals surface area contributed by atoms with Gasteiger partial charge in [0, 0.05) is 50.1 Å². The Labute approximate surface area is 222 Å². The minimum Gasteiger partial charge on any atom is -0.481 e. The average Bonchev–Trinajstić information content (AvgIpc) is 3.59. The van der Waals surface area contributed by atoms with Crippen molar-refractivity contribution in [3.8, 4) is 22.1 Å². The molecule has 0 radical (unpaired) electrons. The average molecular weight is 536 g/mol. The molecule has 1 aliphatic carbocycles. The van der Waals surface area contributed by atoms with E-state index in [0.29, 0.717) is 29.9 Å². The molecule has 1 aromatic carbocycles. The highest BCUT2D eigenvalue weighted by molar-refractivity contribution is 7.22. The SMILES string of the molecule is CN(CCCC(=O)O)c1ccc(-c2cc3nccc(Oc4ccc(NC(=O)NC5CC5)cc4F)c3s2)nc1. The quantitative estimate of drug-likeness (QED) is 0.232. The molecule has 4 aromatic rings. The van der Waals surface area contributed by atoms with Gasteiger partial charge >= 0.3 is 12.0 Å². The molecule has 0 atom stereocenters. The van der Waals surface area contributed by atoms with Gasteiger partial charge < -0.3 is 25.4 Å². The maximum atomic E-state index is 14.8. The van der Waals surface area contributed by atoms with Crippen molar-refractivity contribution in [3.05, 3.63) is 60.7 Å². The third kappa shape index (κ3) is 6.17. The number of carboxylic acid groups (broad SMARTS) is 1. The summed E-state index contributed by atoms with van der Waals surface area (Å²) in [5, 5.41) is 14.3. The first kappa shape index (κ1) is 25.4. The fraction of sp³-hybridized carbons (Fsp3) is 0.259. The highest BCUT2D eigenvalue weighted by atomic mass is 32.1. The van der Waals surface area contributed by atoms with Crippen LogP contribution in [0.1, 0.15) is 25.7 Å². The predicted octanol–water partition coefficient (Wildman–Crippen LogP) is 5.87. The van der Waals surface area contributed by atoms with Crippen molar-refractivity contribution >= 4 is 44.9 Å². The van der Waals surface area contributed by atoms with Crippen LogP contribution < -0.4 is 20.3 Å². The Morgan fingerprint density at radius 3 is 2.71 bits per heavy atom. The monoisotopic (exact) mass is 535 g/mol. The largest absolute Gasteiger partial charge is 0.481 e. The molecule has 0 unspecified atom stereocenters. The molecule has 5 rings (SSSR count). The molecule has 1 saturated carbocycles. The molecule has 0 spiro atoms. The molecule has 11 heteroatoms. The van der Waals surface area contributed by atoms with E-state index < -0.39 is 11.8 Å². The smallest absolute Gasteiger partial charge is 0.319 e. The Morgan fingerprint density at radius 2 is 2.00 bits per heavy atom. The highest BCUT2D eigenvalue weighted by Gasteiger charge is 2.23. The number of rotatable bonds is 10. The van der Waals surface area contributed by atoms with E-state index in [9.17, 15) is 14.0 Å². The molecule has 1 fully saturated rings. The van der Waals surface area contributed by atoms with Crippen LogP contribution in [0.25, 0.3) is 20.8 Å². The Morgan fingerprint density at radius 1 is 1.16 bits per heavy atom. The van der Waals surface area contributed by atoms with E-state index in [-0.39, 0.29) is 24.2 Å². The van der Waals surface area contributed by atoms with Crippen molar-refractivity contribution in [1.29, 1.82) is 0 Å². The molecular weight excluding hydrogens is 509 g/mol. The number of carboxylic acids is 1. The molecule has 3 aromatic heterocycles. The second-order valence-corrected chi connectivity index (χ2v) is 10.1. The summed E-state index contributed by atoms with van der Waals surface area (Å²) in [5.41, 5.74) is 2.69. The highest BCUT2D eigenvalue weighted by Crippen LogP contribution is 2.39. The molecule has 196 valence electrons. The summed E-state index contributed by atoms with van der Waals surface area (Å²) in [7, 11) is 1.90. The third-order valence-electron chi connectivity index (χ3n) is 6.02. The summed E-state index contributed by atoms with van der Waals surface area (Å²) in [4.78, 5) is 34.5. The van der Waals surface area contributed by atoms with E-state index >= 15 is 0 Å².